The predicted molar refractivity (Wildman–Crippen MR) is 272 cm³/mol. The number of thiophene rings is 1. The van der Waals surface area contributed by atoms with Gasteiger partial charge >= 0.3 is 0 Å². The van der Waals surface area contributed by atoms with E-state index in [-0.39, 0.29) is 57.5 Å². The number of nitrogens with one attached hydrogen (secondary N) is 3. The molecule has 4 atom stereocenters. The van der Waals surface area contributed by atoms with Crippen LogP contribution in [0.25, 0.3) is 15.4 Å². The maximum absolute atomic E-state index is 14.1. The van der Waals surface area contributed by atoms with Crippen LogP contribution in [0.4, 0.5) is 0 Å². The Balaban J connectivity index is 0.827. The number of carbonyl (C=O) groups excluding carboxylic acids is 4. The molecule has 8 rings (SSSR count). The van der Waals surface area contributed by atoms with Gasteiger partial charge in [0, 0.05) is 47.1 Å². The van der Waals surface area contributed by atoms with Gasteiger partial charge in [0.15, 0.2) is 5.82 Å². The van der Waals surface area contributed by atoms with Crippen LogP contribution in [0.3, 0.4) is 0 Å². The number of fused-ring (bicyclic) bond motifs is 3. The van der Waals surface area contributed by atoms with Crippen molar-refractivity contribution in [3.63, 3.8) is 0 Å². The summed E-state index contributed by atoms with van der Waals surface area (Å²) in [5.41, 5.74) is 9.62. The fraction of sp³-hybridized carbons (Fsp3) is 0.385. The van der Waals surface area contributed by atoms with Crippen molar-refractivity contribution in [2.75, 3.05) is 19.8 Å². The number of rotatable bonds is 16. The molecule has 2 aliphatic rings. The second-order valence-electron chi connectivity index (χ2n) is 19.0. The number of aryl methyl sites for hydroxylation is 3. The molecule has 0 radical (unpaired) electrons. The number of carbonyl (C=O) groups is 4. The number of aliphatic hydroxyl groups is 1. The van der Waals surface area contributed by atoms with E-state index in [0.29, 0.717) is 23.1 Å². The molecule has 2 aliphatic heterocycles. The minimum Gasteiger partial charge on any atom is -0.391 e. The molecule has 3 aromatic carbocycles. The lowest BCUT2D eigenvalue weighted by atomic mass is 9.85. The van der Waals surface area contributed by atoms with Crippen molar-refractivity contribution in [3.05, 3.63) is 139 Å². The van der Waals surface area contributed by atoms with Crippen molar-refractivity contribution in [1.29, 1.82) is 0 Å². The average Bonchev–Trinajstić information content (AvgIpc) is 4.10. The summed E-state index contributed by atoms with van der Waals surface area (Å²) in [5.74, 6) is -0.174. The van der Waals surface area contributed by atoms with E-state index in [1.165, 1.54) is 4.90 Å². The van der Waals surface area contributed by atoms with Crippen LogP contribution < -0.4 is 16.0 Å². The number of hydrogen-bond acceptors (Lipinski definition) is 12. The largest absolute Gasteiger partial charge is 0.391 e. The third kappa shape index (κ3) is 11.4. The fourth-order valence-electron chi connectivity index (χ4n) is 8.81. The topological polar surface area (TPSA) is 193 Å². The summed E-state index contributed by atoms with van der Waals surface area (Å²) in [6, 6.07) is 20.8. The molecular weight excluding hydrogens is 946 g/mol. The Hall–Kier alpha value is -6.11. The van der Waals surface area contributed by atoms with E-state index in [2.05, 4.69) is 45.0 Å². The van der Waals surface area contributed by atoms with Gasteiger partial charge in [-0.2, -0.15) is 0 Å². The minimum absolute atomic E-state index is 0.0256. The Bertz CT molecular complexity index is 2920. The first kappa shape index (κ1) is 50.3. The monoisotopic (exact) mass is 1000 g/mol. The number of amides is 4. The minimum atomic E-state index is -0.983. The highest BCUT2D eigenvalue weighted by Gasteiger charge is 2.44. The average molecular weight is 1000 g/mol. The van der Waals surface area contributed by atoms with Crippen molar-refractivity contribution >= 4 is 63.6 Å². The van der Waals surface area contributed by atoms with Gasteiger partial charge in [0.05, 0.1) is 40.9 Å². The van der Waals surface area contributed by atoms with E-state index in [4.69, 9.17) is 21.3 Å². The highest BCUT2D eigenvalue weighted by molar-refractivity contribution is 7.15. The third-order valence-corrected chi connectivity index (χ3v) is 15.1. The van der Waals surface area contributed by atoms with E-state index in [1.807, 2.05) is 117 Å². The quantitative estimate of drug-likeness (QED) is 0.0720. The number of aliphatic imine (C=N–C) groups is 1. The summed E-state index contributed by atoms with van der Waals surface area (Å²) < 4.78 is 7.82. The van der Waals surface area contributed by atoms with E-state index < -0.39 is 41.5 Å². The smallest absolute Gasteiger partial charge is 0.246 e. The number of halogens is 1. The highest BCUT2D eigenvalue weighted by atomic mass is 35.5. The second-order valence-corrected chi connectivity index (χ2v) is 21.4. The zero-order valence-electron chi connectivity index (χ0n) is 40.3. The molecule has 0 saturated carbocycles. The zero-order chi connectivity index (χ0) is 49.9. The van der Waals surface area contributed by atoms with Crippen LogP contribution >= 0.6 is 34.3 Å². The van der Waals surface area contributed by atoms with Gasteiger partial charge in [0.2, 0.25) is 23.6 Å². The number of aliphatic hydroxyl groups excluding tert-OH is 1. The predicted octanol–water partition coefficient (Wildman–Crippen LogP) is 7.31. The van der Waals surface area contributed by atoms with E-state index in [9.17, 15) is 24.3 Å². The van der Waals surface area contributed by atoms with Crippen LogP contribution in [0, 0.1) is 33.1 Å². The summed E-state index contributed by atoms with van der Waals surface area (Å²) in [6.07, 6.45) is -0.242. The Labute approximate surface area is 420 Å². The van der Waals surface area contributed by atoms with Gasteiger partial charge in [-0.1, -0.05) is 93.0 Å². The number of aromatic nitrogens is 4. The number of benzene rings is 3. The maximum atomic E-state index is 14.1. The van der Waals surface area contributed by atoms with Crippen molar-refractivity contribution in [2.45, 2.75) is 105 Å². The second kappa shape index (κ2) is 21.5. The Kier molecular flexibility index (Phi) is 15.4. The molecule has 4 N–H and O–H groups in total. The standard InChI is InChI=1S/C52H58ClN9O6S2/c1-29-31(3)70-51-44(29)45(36-15-17-38(53)18-16-36)57-40(48-60-59-32(4)62(48)51)23-42(64)54-25-35-10-8-9-33(21-35)19-20-68-27-43(65)58-47(52(5,6)7)50(67)61-26-39(63)22-41(61)49(66)55-24-34-11-13-37(14-12-34)46-30(2)56-28-69-46/h8-18,21,28,39-41,47,63H,19-20,22-27H2,1-7H3,(H,54,64)(H,55,66)(H,58,65)/t39-,40+,41+,47-/m1/s1. The molecule has 6 aromatic rings. The first-order valence-corrected chi connectivity index (χ1v) is 25.4. The van der Waals surface area contributed by atoms with Crippen LogP contribution in [0.2, 0.25) is 5.02 Å². The molecule has 5 heterocycles. The summed E-state index contributed by atoms with van der Waals surface area (Å²) in [5, 5.41) is 30.0. The maximum Gasteiger partial charge on any atom is 0.246 e. The van der Waals surface area contributed by atoms with E-state index >= 15 is 0 Å². The van der Waals surface area contributed by atoms with Crippen LogP contribution in [-0.4, -0.2) is 97.0 Å². The van der Waals surface area contributed by atoms with Gasteiger partial charge in [-0.15, -0.1) is 32.9 Å². The number of nitrogens with zero attached hydrogens (tertiary/aromatic N) is 6. The summed E-state index contributed by atoms with van der Waals surface area (Å²) in [4.78, 5) is 67.7. The SMILES string of the molecule is Cc1ncsc1-c1ccc(CNC(=O)[C@@H]2C[C@@H](O)CN2C(=O)[C@@H](NC(=O)COCCc2cccc(CNC(=O)C[C@@H]3N=C(c4ccc(Cl)cc4)c4c(sc(C)c4C)-n4c(C)nnc43)c2)C(C)(C)C)cc1. The molecule has 0 spiro atoms. The molecule has 0 bridgehead atoms. The number of thiazole rings is 1. The van der Waals surface area contributed by atoms with Crippen molar-refractivity contribution in [3.8, 4) is 15.4 Å². The number of hydrogen-bond donors (Lipinski definition) is 4. The lowest BCUT2D eigenvalue weighted by Crippen LogP contribution is -2.58. The van der Waals surface area contributed by atoms with Gasteiger partial charge in [-0.3, -0.25) is 28.7 Å². The first-order chi connectivity index (χ1) is 33.4. The van der Waals surface area contributed by atoms with Crippen LogP contribution in [0.5, 0.6) is 0 Å². The zero-order valence-corrected chi connectivity index (χ0v) is 42.7. The van der Waals surface area contributed by atoms with Crippen LogP contribution in [0.1, 0.15) is 95.3 Å². The van der Waals surface area contributed by atoms with Gasteiger partial charge in [0.25, 0.3) is 0 Å². The summed E-state index contributed by atoms with van der Waals surface area (Å²) in [7, 11) is 0. The lowest BCUT2D eigenvalue weighted by Gasteiger charge is -2.35. The normalized spacial score (nSPS) is 17.0. The van der Waals surface area contributed by atoms with Crippen molar-refractivity contribution in [1.82, 2.24) is 40.6 Å². The van der Waals surface area contributed by atoms with E-state index in [1.54, 1.807) is 22.7 Å². The van der Waals surface area contributed by atoms with Gasteiger partial charge < -0.3 is 30.7 Å². The molecule has 0 unspecified atom stereocenters. The van der Waals surface area contributed by atoms with E-state index in [0.717, 1.165) is 65.1 Å². The Morgan fingerprint density at radius 2 is 1.61 bits per heavy atom. The van der Waals surface area contributed by atoms with Crippen LogP contribution in [0.15, 0.2) is 83.3 Å². The molecule has 70 heavy (non-hydrogen) atoms. The van der Waals surface area contributed by atoms with Gasteiger partial charge in [0.1, 0.15) is 35.6 Å². The Morgan fingerprint density at radius 3 is 2.33 bits per heavy atom. The molecule has 4 amide bonds. The molecule has 1 fully saturated rings. The molecule has 366 valence electrons. The third-order valence-electron chi connectivity index (χ3n) is 12.7. The van der Waals surface area contributed by atoms with Crippen molar-refractivity contribution in [2.24, 2.45) is 10.4 Å². The summed E-state index contributed by atoms with van der Waals surface area (Å²) in [6.45, 7) is 14.0. The molecule has 15 nitrogen and oxygen atoms in total. The molecule has 3 aromatic heterocycles. The highest BCUT2D eigenvalue weighted by Crippen LogP contribution is 2.40. The fourth-order valence-corrected chi connectivity index (χ4v) is 11.0. The van der Waals surface area contributed by atoms with Gasteiger partial charge in [-0.05, 0) is 79.5 Å². The van der Waals surface area contributed by atoms with Gasteiger partial charge in [-0.25, -0.2) is 4.98 Å². The number of likely N-dealkylation sites (tertiary alicyclic amines) is 1. The Morgan fingerprint density at radius 1 is 0.900 bits per heavy atom. The number of β-amino-alcohol motifs (C(OH)–C–C–N with tert-alkyl or cyclic N) is 1. The van der Waals surface area contributed by atoms with Crippen molar-refractivity contribution < 1.29 is 29.0 Å². The molecule has 18 heteroatoms. The molecule has 1 saturated heterocycles. The number of ether oxygens (including phenoxy) is 1. The lowest BCUT2D eigenvalue weighted by molar-refractivity contribution is -0.144. The molecule has 0 aliphatic carbocycles. The summed E-state index contributed by atoms with van der Waals surface area (Å²) >= 11 is 9.49. The first-order valence-electron chi connectivity index (χ1n) is 23.3. The molecular formula is C52H58ClN9O6S2. The van der Waals surface area contributed by atoms with Crippen LogP contribution in [-0.2, 0) is 43.4 Å².